The first-order valence-electron chi connectivity index (χ1n) is 7.75. The summed E-state index contributed by atoms with van der Waals surface area (Å²) in [6.45, 7) is 0. The molecule has 0 saturated heterocycles. The van der Waals surface area contributed by atoms with Crippen molar-refractivity contribution >= 4 is 21.7 Å². The van der Waals surface area contributed by atoms with Crippen LogP contribution in [0, 0.1) is 0 Å². The molecule has 9 heteroatoms. The van der Waals surface area contributed by atoms with Crippen molar-refractivity contribution in [2.75, 3.05) is 11.8 Å². The maximum absolute atomic E-state index is 12.7. The van der Waals surface area contributed by atoms with E-state index in [1.165, 1.54) is 25.3 Å². The van der Waals surface area contributed by atoms with Gasteiger partial charge in [0.15, 0.2) is 0 Å². The number of rotatable bonds is 7. The molecule has 0 amide bonds. The van der Waals surface area contributed by atoms with Crippen molar-refractivity contribution in [3.8, 4) is 5.75 Å². The quantitative estimate of drug-likeness (QED) is 0.773. The van der Waals surface area contributed by atoms with Gasteiger partial charge in [0, 0.05) is 24.7 Å². The number of aliphatic carboxylic acids is 1. The van der Waals surface area contributed by atoms with Gasteiger partial charge in [-0.25, -0.2) is 8.42 Å². The van der Waals surface area contributed by atoms with Crippen LogP contribution in [0.4, 0.5) is 5.69 Å². The van der Waals surface area contributed by atoms with Crippen LogP contribution in [0.5, 0.6) is 5.75 Å². The Hall–Kier alpha value is -2.55. The zero-order chi connectivity index (χ0) is 18.2. The molecular weight excluding hydrogens is 346 g/mol. The molecule has 25 heavy (non-hydrogen) atoms. The number of hydrogen-bond donors (Lipinski definition) is 2. The SMILES string of the molecule is COc1ccc(S(=O)(=O)Nc2cn(C)nc2C2CC2)cc1CC(=O)O. The normalized spacial score (nSPS) is 14.3. The molecule has 1 saturated carbocycles. The van der Waals surface area contributed by atoms with E-state index in [2.05, 4.69) is 9.82 Å². The third kappa shape index (κ3) is 3.76. The van der Waals surface area contributed by atoms with Gasteiger partial charge in [0.1, 0.15) is 5.75 Å². The van der Waals surface area contributed by atoms with Crippen LogP contribution in [0.2, 0.25) is 0 Å². The Labute approximate surface area is 145 Å². The predicted molar refractivity (Wildman–Crippen MR) is 90.3 cm³/mol. The van der Waals surface area contributed by atoms with Crippen molar-refractivity contribution in [1.29, 1.82) is 0 Å². The number of nitrogens with zero attached hydrogens (tertiary/aromatic N) is 2. The standard InChI is InChI=1S/C16H19N3O5S/c1-19-9-13(16(17-19)10-3-4-10)18-25(22,23)12-5-6-14(24-2)11(7-12)8-15(20)21/h5-7,9-10,18H,3-4,8H2,1-2H3,(H,20,21). The highest BCUT2D eigenvalue weighted by atomic mass is 32.2. The number of carboxylic acid groups (broad SMARTS) is 1. The topological polar surface area (TPSA) is 111 Å². The number of sulfonamides is 1. The fourth-order valence-electron chi connectivity index (χ4n) is 2.67. The largest absolute Gasteiger partial charge is 0.496 e. The molecule has 8 nitrogen and oxygen atoms in total. The Balaban J connectivity index is 1.93. The monoisotopic (exact) mass is 365 g/mol. The molecule has 0 unspecified atom stereocenters. The lowest BCUT2D eigenvalue weighted by Gasteiger charge is -2.11. The Morgan fingerprint density at radius 1 is 1.44 bits per heavy atom. The number of carboxylic acids is 1. The van der Waals surface area contributed by atoms with E-state index in [1.54, 1.807) is 17.9 Å². The van der Waals surface area contributed by atoms with Crippen molar-refractivity contribution < 1.29 is 23.1 Å². The molecule has 1 heterocycles. The Bertz CT molecular complexity index is 916. The van der Waals surface area contributed by atoms with E-state index in [9.17, 15) is 13.2 Å². The van der Waals surface area contributed by atoms with Gasteiger partial charge in [0.25, 0.3) is 10.0 Å². The van der Waals surface area contributed by atoms with Crippen LogP contribution in [-0.2, 0) is 28.3 Å². The van der Waals surface area contributed by atoms with E-state index in [4.69, 9.17) is 9.84 Å². The van der Waals surface area contributed by atoms with Gasteiger partial charge < -0.3 is 9.84 Å². The first-order valence-corrected chi connectivity index (χ1v) is 9.23. The molecule has 0 aliphatic heterocycles. The summed E-state index contributed by atoms with van der Waals surface area (Å²) in [6.07, 6.45) is 3.30. The lowest BCUT2D eigenvalue weighted by atomic mass is 10.1. The summed E-state index contributed by atoms with van der Waals surface area (Å²) in [4.78, 5) is 11.0. The molecule has 1 fully saturated rings. The Morgan fingerprint density at radius 2 is 2.16 bits per heavy atom. The second-order valence-corrected chi connectivity index (χ2v) is 7.71. The summed E-state index contributed by atoms with van der Waals surface area (Å²) >= 11 is 0. The fourth-order valence-corrected chi connectivity index (χ4v) is 3.78. The van der Waals surface area contributed by atoms with Crippen molar-refractivity contribution in [3.63, 3.8) is 0 Å². The molecule has 2 N–H and O–H groups in total. The number of anilines is 1. The van der Waals surface area contributed by atoms with Gasteiger partial charge in [-0.15, -0.1) is 0 Å². The van der Waals surface area contributed by atoms with Crippen LogP contribution in [0.1, 0.15) is 30.0 Å². The minimum Gasteiger partial charge on any atom is -0.496 e. The van der Waals surface area contributed by atoms with Gasteiger partial charge in [-0.2, -0.15) is 5.10 Å². The third-order valence-corrected chi connectivity index (χ3v) is 5.33. The number of aryl methyl sites for hydroxylation is 1. The summed E-state index contributed by atoms with van der Waals surface area (Å²) in [5.41, 5.74) is 1.50. The fraction of sp³-hybridized carbons (Fsp3) is 0.375. The summed E-state index contributed by atoms with van der Waals surface area (Å²) in [6, 6.07) is 4.17. The van der Waals surface area contributed by atoms with Gasteiger partial charge in [0.05, 0.1) is 29.8 Å². The smallest absolute Gasteiger partial charge is 0.307 e. The van der Waals surface area contributed by atoms with Gasteiger partial charge in [0.2, 0.25) is 0 Å². The van der Waals surface area contributed by atoms with E-state index in [1.807, 2.05) is 0 Å². The summed E-state index contributed by atoms with van der Waals surface area (Å²) in [5.74, 6) is -0.442. The molecule has 0 spiro atoms. The van der Waals surface area contributed by atoms with Crippen molar-refractivity contribution in [1.82, 2.24) is 9.78 Å². The molecule has 3 rings (SSSR count). The molecule has 1 aromatic carbocycles. The minimum absolute atomic E-state index is 0.0184. The van der Waals surface area contributed by atoms with Crippen molar-refractivity contribution in [2.24, 2.45) is 7.05 Å². The zero-order valence-corrected chi connectivity index (χ0v) is 14.7. The molecule has 0 atom stereocenters. The molecule has 1 aliphatic rings. The zero-order valence-electron chi connectivity index (χ0n) is 13.9. The number of carbonyl (C=O) groups is 1. The van der Waals surface area contributed by atoms with Crippen molar-refractivity contribution in [2.45, 2.75) is 30.1 Å². The van der Waals surface area contributed by atoms with Crippen LogP contribution in [-0.4, -0.2) is 36.4 Å². The van der Waals surface area contributed by atoms with E-state index in [-0.39, 0.29) is 17.2 Å². The number of nitrogens with one attached hydrogen (secondary N) is 1. The minimum atomic E-state index is -3.86. The van der Waals surface area contributed by atoms with E-state index in [0.29, 0.717) is 17.0 Å². The summed E-state index contributed by atoms with van der Waals surface area (Å²) in [5, 5.41) is 13.3. The average Bonchev–Trinajstić information content (AvgIpc) is 3.30. The lowest BCUT2D eigenvalue weighted by Crippen LogP contribution is -2.14. The highest BCUT2D eigenvalue weighted by Crippen LogP contribution is 2.42. The maximum atomic E-state index is 12.7. The number of aromatic nitrogens is 2. The highest BCUT2D eigenvalue weighted by molar-refractivity contribution is 7.92. The molecule has 134 valence electrons. The Kier molecular flexibility index (Phi) is 4.42. The van der Waals surface area contributed by atoms with E-state index < -0.39 is 16.0 Å². The number of methoxy groups -OCH3 is 1. The van der Waals surface area contributed by atoms with Crippen LogP contribution >= 0.6 is 0 Å². The van der Waals surface area contributed by atoms with Crippen LogP contribution in [0.25, 0.3) is 0 Å². The molecule has 0 radical (unpaired) electrons. The van der Waals surface area contributed by atoms with Crippen LogP contribution in [0.15, 0.2) is 29.3 Å². The van der Waals surface area contributed by atoms with Crippen LogP contribution in [0.3, 0.4) is 0 Å². The molecule has 2 aromatic rings. The van der Waals surface area contributed by atoms with Crippen molar-refractivity contribution in [3.05, 3.63) is 35.7 Å². The number of benzene rings is 1. The first kappa shape index (κ1) is 17.3. The highest BCUT2D eigenvalue weighted by Gasteiger charge is 2.30. The Morgan fingerprint density at radius 3 is 2.76 bits per heavy atom. The van der Waals surface area contributed by atoms with E-state index in [0.717, 1.165) is 18.5 Å². The second kappa shape index (κ2) is 6.40. The summed E-state index contributed by atoms with van der Waals surface area (Å²) < 4.78 is 34.7. The van der Waals surface area contributed by atoms with Gasteiger partial charge in [-0.1, -0.05) is 0 Å². The van der Waals surface area contributed by atoms with Crippen LogP contribution < -0.4 is 9.46 Å². The van der Waals surface area contributed by atoms with Gasteiger partial charge in [-0.3, -0.25) is 14.2 Å². The van der Waals surface area contributed by atoms with Gasteiger partial charge >= 0.3 is 5.97 Å². The molecular formula is C16H19N3O5S. The van der Waals surface area contributed by atoms with E-state index >= 15 is 0 Å². The number of hydrogen-bond acceptors (Lipinski definition) is 5. The molecule has 1 aliphatic carbocycles. The maximum Gasteiger partial charge on any atom is 0.307 e. The lowest BCUT2D eigenvalue weighted by molar-refractivity contribution is -0.136. The first-order chi connectivity index (χ1) is 11.8. The third-order valence-electron chi connectivity index (χ3n) is 3.97. The van der Waals surface area contributed by atoms with Gasteiger partial charge in [-0.05, 0) is 31.0 Å². The predicted octanol–water partition coefficient (Wildman–Crippen LogP) is 1.73. The number of ether oxygens (including phenoxy) is 1. The average molecular weight is 365 g/mol. The second-order valence-electron chi connectivity index (χ2n) is 6.03. The summed E-state index contributed by atoms with van der Waals surface area (Å²) in [7, 11) is -0.718. The molecule has 1 aromatic heterocycles. The molecule has 0 bridgehead atoms.